The third kappa shape index (κ3) is 2.69. The predicted molar refractivity (Wildman–Crippen MR) is 86.7 cm³/mol. The van der Waals surface area contributed by atoms with Gasteiger partial charge in [-0.3, -0.25) is 0 Å². The van der Waals surface area contributed by atoms with Gasteiger partial charge in [-0.05, 0) is 36.4 Å². The Morgan fingerprint density at radius 1 is 1.09 bits per heavy atom. The Kier molecular flexibility index (Phi) is 4.09. The average Bonchev–Trinajstić information content (AvgIpc) is 2.60. The predicted octanol–water partition coefficient (Wildman–Crippen LogP) is 2.63. The van der Waals surface area contributed by atoms with E-state index in [1.165, 1.54) is 0 Å². The summed E-state index contributed by atoms with van der Waals surface area (Å²) in [4.78, 5) is 2.07. The zero-order valence-corrected chi connectivity index (χ0v) is 13.1. The largest absolute Gasteiger partial charge is 0.496 e. The molecule has 2 aromatic carbocycles. The second-order valence-electron chi connectivity index (χ2n) is 5.42. The van der Waals surface area contributed by atoms with Gasteiger partial charge in [0.15, 0.2) is 0 Å². The van der Waals surface area contributed by atoms with Crippen LogP contribution in [0.25, 0.3) is 0 Å². The molecular formula is C18H18N2O3. The van der Waals surface area contributed by atoms with Gasteiger partial charge in [-0.25, -0.2) is 0 Å². The molecule has 3 rings (SSSR count). The van der Waals surface area contributed by atoms with Crippen molar-refractivity contribution in [3.05, 3.63) is 53.1 Å². The number of fused-ring (bicyclic) bond motifs is 1. The molecule has 118 valence electrons. The summed E-state index contributed by atoms with van der Waals surface area (Å²) in [6, 6.07) is 13.1. The van der Waals surface area contributed by atoms with E-state index in [0.29, 0.717) is 24.4 Å². The van der Waals surface area contributed by atoms with Crippen molar-refractivity contribution in [1.82, 2.24) is 0 Å². The van der Waals surface area contributed by atoms with Gasteiger partial charge in [-0.2, -0.15) is 5.26 Å². The molecule has 0 spiro atoms. The summed E-state index contributed by atoms with van der Waals surface area (Å²) >= 11 is 0. The van der Waals surface area contributed by atoms with Crippen molar-refractivity contribution in [3.63, 3.8) is 0 Å². The number of aliphatic hydroxyl groups excluding tert-OH is 1. The Bertz CT molecular complexity index is 750. The molecule has 2 aromatic rings. The highest BCUT2D eigenvalue weighted by Gasteiger charge is 2.29. The van der Waals surface area contributed by atoms with Crippen molar-refractivity contribution in [1.29, 1.82) is 5.26 Å². The van der Waals surface area contributed by atoms with Crippen LogP contribution in [0.4, 0.5) is 5.69 Å². The number of anilines is 1. The molecule has 0 aliphatic carbocycles. The van der Waals surface area contributed by atoms with Gasteiger partial charge >= 0.3 is 0 Å². The van der Waals surface area contributed by atoms with Crippen LogP contribution in [0.1, 0.15) is 22.8 Å². The highest BCUT2D eigenvalue weighted by molar-refractivity contribution is 5.58. The molecule has 0 amide bonds. The van der Waals surface area contributed by atoms with E-state index in [-0.39, 0.29) is 0 Å². The first-order chi connectivity index (χ1) is 11.2. The van der Waals surface area contributed by atoms with E-state index < -0.39 is 6.10 Å². The first-order valence-corrected chi connectivity index (χ1v) is 7.35. The minimum Gasteiger partial charge on any atom is -0.496 e. The summed E-state index contributed by atoms with van der Waals surface area (Å²) in [5, 5.41) is 19.5. The molecule has 5 nitrogen and oxygen atoms in total. The topological polar surface area (TPSA) is 65.7 Å². The summed E-state index contributed by atoms with van der Waals surface area (Å²) in [7, 11) is 3.22. The second kappa shape index (κ2) is 6.19. The first kappa shape index (κ1) is 15.2. The molecule has 1 heterocycles. The zero-order chi connectivity index (χ0) is 16.4. The van der Waals surface area contributed by atoms with Gasteiger partial charge in [0.05, 0.1) is 25.9 Å². The minimum atomic E-state index is -0.667. The second-order valence-corrected chi connectivity index (χ2v) is 5.42. The Morgan fingerprint density at radius 2 is 1.74 bits per heavy atom. The molecule has 5 heteroatoms. The first-order valence-electron chi connectivity index (χ1n) is 7.35. The Morgan fingerprint density at radius 3 is 2.35 bits per heavy atom. The molecule has 0 fully saturated rings. The van der Waals surface area contributed by atoms with Crippen LogP contribution >= 0.6 is 0 Å². The van der Waals surface area contributed by atoms with E-state index in [2.05, 4.69) is 11.0 Å². The molecular weight excluding hydrogens is 292 g/mol. The number of aliphatic hydroxyl groups is 1. The van der Waals surface area contributed by atoms with Crippen LogP contribution in [-0.2, 0) is 6.54 Å². The molecule has 1 N–H and O–H groups in total. The lowest BCUT2D eigenvalue weighted by atomic mass is 9.94. The smallest absolute Gasteiger partial charge is 0.125 e. The number of methoxy groups -OCH3 is 2. The molecule has 1 aliphatic rings. The molecule has 23 heavy (non-hydrogen) atoms. The van der Waals surface area contributed by atoms with Gasteiger partial charge < -0.3 is 19.5 Å². The number of nitrogens with zero attached hydrogens (tertiary/aromatic N) is 2. The van der Waals surface area contributed by atoms with E-state index in [1.807, 2.05) is 24.3 Å². The zero-order valence-electron chi connectivity index (χ0n) is 13.1. The SMILES string of the molecule is COc1ccc(OC)c2c1CN(c1ccc(C#N)cc1)C[C@@H]2O. The lowest BCUT2D eigenvalue weighted by Gasteiger charge is -2.35. The molecule has 0 aromatic heterocycles. The lowest BCUT2D eigenvalue weighted by Crippen LogP contribution is -2.34. The van der Waals surface area contributed by atoms with Gasteiger partial charge in [0.25, 0.3) is 0 Å². The van der Waals surface area contributed by atoms with Crippen LogP contribution in [0.3, 0.4) is 0 Å². The molecule has 0 bridgehead atoms. The maximum absolute atomic E-state index is 10.6. The number of nitriles is 1. The van der Waals surface area contributed by atoms with E-state index in [1.54, 1.807) is 26.4 Å². The third-order valence-electron chi connectivity index (χ3n) is 4.15. The fraction of sp³-hybridized carbons (Fsp3) is 0.278. The van der Waals surface area contributed by atoms with E-state index in [9.17, 15) is 5.11 Å². The number of benzene rings is 2. The van der Waals surface area contributed by atoms with Crippen molar-refractivity contribution < 1.29 is 14.6 Å². The Hall–Kier alpha value is -2.71. The van der Waals surface area contributed by atoms with Crippen molar-refractivity contribution in [3.8, 4) is 17.6 Å². The summed E-state index contributed by atoms with van der Waals surface area (Å²) in [6.07, 6.45) is -0.667. The number of β-amino-alcohol motifs (C(OH)–C–C–N with tert-alkyl or cyclic N) is 1. The summed E-state index contributed by atoms with van der Waals surface area (Å²) < 4.78 is 10.8. The number of hydrogen-bond acceptors (Lipinski definition) is 5. The molecule has 0 radical (unpaired) electrons. The van der Waals surface area contributed by atoms with Crippen molar-refractivity contribution >= 4 is 5.69 Å². The van der Waals surface area contributed by atoms with Crippen LogP contribution in [0, 0.1) is 11.3 Å². The van der Waals surface area contributed by atoms with Gasteiger partial charge in [0.1, 0.15) is 17.6 Å². The minimum absolute atomic E-state index is 0.461. The number of ether oxygens (including phenoxy) is 2. The molecule has 0 saturated carbocycles. The van der Waals surface area contributed by atoms with Gasteiger partial charge in [-0.1, -0.05) is 0 Å². The van der Waals surface area contributed by atoms with Crippen LogP contribution in [0.2, 0.25) is 0 Å². The summed E-state index contributed by atoms with van der Waals surface area (Å²) in [6.45, 7) is 1.07. The normalized spacial score (nSPS) is 16.4. The Labute approximate surface area is 135 Å². The highest BCUT2D eigenvalue weighted by Crippen LogP contribution is 2.40. The van der Waals surface area contributed by atoms with Crippen LogP contribution in [-0.4, -0.2) is 25.9 Å². The van der Waals surface area contributed by atoms with Crippen molar-refractivity contribution in [2.24, 2.45) is 0 Å². The number of hydrogen-bond donors (Lipinski definition) is 1. The molecule has 0 saturated heterocycles. The number of rotatable bonds is 3. The average molecular weight is 310 g/mol. The highest BCUT2D eigenvalue weighted by atomic mass is 16.5. The quantitative estimate of drug-likeness (QED) is 0.944. The molecule has 1 atom stereocenters. The fourth-order valence-electron chi connectivity index (χ4n) is 3.02. The fourth-order valence-corrected chi connectivity index (χ4v) is 3.02. The van der Waals surface area contributed by atoms with E-state index >= 15 is 0 Å². The van der Waals surface area contributed by atoms with Gasteiger partial charge in [0.2, 0.25) is 0 Å². The summed E-state index contributed by atoms with van der Waals surface area (Å²) in [5.41, 5.74) is 3.29. The lowest BCUT2D eigenvalue weighted by molar-refractivity contribution is 0.169. The molecule has 0 unspecified atom stereocenters. The summed E-state index contributed by atoms with van der Waals surface area (Å²) in [5.74, 6) is 1.41. The van der Waals surface area contributed by atoms with E-state index in [0.717, 1.165) is 22.6 Å². The van der Waals surface area contributed by atoms with Gasteiger partial charge in [-0.15, -0.1) is 0 Å². The molecule has 1 aliphatic heterocycles. The third-order valence-corrected chi connectivity index (χ3v) is 4.15. The maximum Gasteiger partial charge on any atom is 0.125 e. The standard InChI is InChI=1S/C18H18N2O3/c1-22-16-7-8-17(23-2)18-14(16)10-20(11-15(18)21)13-5-3-12(9-19)4-6-13/h3-8,15,21H,10-11H2,1-2H3/t15-/m0/s1. The maximum atomic E-state index is 10.6. The van der Waals surface area contributed by atoms with Gasteiger partial charge in [0, 0.05) is 29.9 Å². The monoisotopic (exact) mass is 310 g/mol. The van der Waals surface area contributed by atoms with Crippen LogP contribution < -0.4 is 14.4 Å². The van der Waals surface area contributed by atoms with Crippen molar-refractivity contribution in [2.75, 3.05) is 25.7 Å². The van der Waals surface area contributed by atoms with Crippen molar-refractivity contribution in [2.45, 2.75) is 12.6 Å². The van der Waals surface area contributed by atoms with E-state index in [4.69, 9.17) is 14.7 Å². The van der Waals surface area contributed by atoms with Crippen LogP contribution in [0.5, 0.6) is 11.5 Å². The Balaban J connectivity index is 2.00. The van der Waals surface area contributed by atoms with Crippen LogP contribution in [0.15, 0.2) is 36.4 Å².